The zero-order chi connectivity index (χ0) is 16.3. The second kappa shape index (κ2) is 6.62. The maximum atomic E-state index is 12.5. The molecule has 1 atom stereocenters. The zero-order valence-corrected chi connectivity index (χ0v) is 13.6. The number of anilines is 1. The van der Waals surface area contributed by atoms with E-state index in [1.807, 2.05) is 0 Å². The number of carbonyl (C=O) groups is 1. The Morgan fingerprint density at radius 1 is 1.32 bits per heavy atom. The molecule has 0 amide bonds. The van der Waals surface area contributed by atoms with Crippen LogP contribution in [0.3, 0.4) is 0 Å². The van der Waals surface area contributed by atoms with Crippen molar-refractivity contribution in [2.75, 3.05) is 25.0 Å². The van der Waals surface area contributed by atoms with Gasteiger partial charge in [0.25, 0.3) is 0 Å². The molecule has 1 unspecified atom stereocenters. The van der Waals surface area contributed by atoms with E-state index in [1.165, 1.54) is 27.5 Å². The fraction of sp³-hybridized carbons (Fsp3) is 0.571. The van der Waals surface area contributed by atoms with Crippen molar-refractivity contribution in [1.82, 2.24) is 9.29 Å². The molecule has 1 N–H and O–H groups in total. The molecule has 2 rings (SSSR count). The first-order valence-electron chi connectivity index (χ1n) is 7.26. The number of rotatable bonds is 5. The van der Waals surface area contributed by atoms with Crippen LogP contribution in [0.25, 0.3) is 0 Å². The van der Waals surface area contributed by atoms with Crippen molar-refractivity contribution in [1.29, 1.82) is 0 Å². The number of aliphatic carboxylic acids is 1. The maximum Gasteiger partial charge on any atom is 0.326 e. The second-order valence-corrected chi connectivity index (χ2v) is 7.38. The van der Waals surface area contributed by atoms with Crippen LogP contribution in [-0.4, -0.2) is 55.0 Å². The predicted octanol–water partition coefficient (Wildman–Crippen LogP) is 1.17. The summed E-state index contributed by atoms with van der Waals surface area (Å²) in [5.74, 6) is -0.540. The second-order valence-electron chi connectivity index (χ2n) is 5.44. The molecule has 0 bridgehead atoms. The number of carboxylic acids is 1. The zero-order valence-electron chi connectivity index (χ0n) is 12.8. The van der Waals surface area contributed by atoms with Crippen molar-refractivity contribution in [3.63, 3.8) is 0 Å². The summed E-state index contributed by atoms with van der Waals surface area (Å²) < 4.78 is 26.5. The van der Waals surface area contributed by atoms with Gasteiger partial charge < -0.3 is 10.0 Å². The Morgan fingerprint density at radius 3 is 2.45 bits per heavy atom. The molecule has 122 valence electrons. The van der Waals surface area contributed by atoms with E-state index in [0.29, 0.717) is 18.9 Å². The van der Waals surface area contributed by atoms with Gasteiger partial charge in [0, 0.05) is 26.3 Å². The Labute approximate surface area is 130 Å². The van der Waals surface area contributed by atoms with E-state index in [9.17, 15) is 13.2 Å². The Kier molecular flexibility index (Phi) is 5.02. The molecule has 22 heavy (non-hydrogen) atoms. The third kappa shape index (κ3) is 3.38. The lowest BCUT2D eigenvalue weighted by molar-refractivity contribution is -0.138. The minimum Gasteiger partial charge on any atom is -0.480 e. The third-order valence-electron chi connectivity index (χ3n) is 3.97. The van der Waals surface area contributed by atoms with E-state index >= 15 is 0 Å². The number of carboxylic acid groups (broad SMARTS) is 1. The highest BCUT2D eigenvalue weighted by Gasteiger charge is 2.26. The molecule has 0 radical (unpaired) electrons. The lowest BCUT2D eigenvalue weighted by Crippen LogP contribution is -2.37. The van der Waals surface area contributed by atoms with Gasteiger partial charge in [-0.05, 0) is 31.9 Å². The first kappa shape index (κ1) is 16.7. The summed E-state index contributed by atoms with van der Waals surface area (Å²) in [6, 6.07) is 2.28. The largest absolute Gasteiger partial charge is 0.480 e. The van der Waals surface area contributed by atoms with E-state index in [2.05, 4.69) is 4.98 Å². The number of hydrogen-bond acceptors (Lipinski definition) is 5. The van der Waals surface area contributed by atoms with Crippen molar-refractivity contribution in [2.45, 2.75) is 37.1 Å². The molecule has 0 aromatic carbocycles. The van der Waals surface area contributed by atoms with Crippen molar-refractivity contribution in [3.05, 3.63) is 18.3 Å². The summed E-state index contributed by atoms with van der Waals surface area (Å²) >= 11 is 0. The minimum atomic E-state index is -3.51. The normalized spacial score (nSPS) is 17.9. The van der Waals surface area contributed by atoms with Gasteiger partial charge in [-0.25, -0.2) is 18.2 Å². The fourth-order valence-electron chi connectivity index (χ4n) is 2.35. The van der Waals surface area contributed by atoms with E-state index in [0.717, 1.165) is 19.3 Å². The minimum absolute atomic E-state index is 0.148. The maximum absolute atomic E-state index is 12.5. The first-order chi connectivity index (χ1) is 10.3. The highest BCUT2D eigenvalue weighted by molar-refractivity contribution is 7.89. The summed E-state index contributed by atoms with van der Waals surface area (Å²) in [6.45, 7) is 2.63. The molecule has 1 aromatic heterocycles. The lowest BCUT2D eigenvalue weighted by atomic mass is 10.2. The van der Waals surface area contributed by atoms with Gasteiger partial charge in [0.15, 0.2) is 0 Å². The Morgan fingerprint density at radius 2 is 1.95 bits per heavy atom. The van der Waals surface area contributed by atoms with E-state index in [4.69, 9.17) is 5.11 Å². The Balaban J connectivity index is 2.19. The summed E-state index contributed by atoms with van der Waals surface area (Å²) in [5.41, 5.74) is 0. The molecule has 1 aliphatic rings. The molecule has 2 heterocycles. The molecule has 1 fully saturated rings. The van der Waals surface area contributed by atoms with Gasteiger partial charge in [-0.1, -0.05) is 6.42 Å². The van der Waals surface area contributed by atoms with Crippen LogP contribution >= 0.6 is 0 Å². The van der Waals surface area contributed by atoms with Gasteiger partial charge in [0.05, 0.1) is 0 Å². The summed E-state index contributed by atoms with van der Waals surface area (Å²) in [5, 5.41) is 9.00. The molecule has 1 saturated heterocycles. The lowest BCUT2D eigenvalue weighted by Gasteiger charge is -2.26. The Hall–Kier alpha value is -1.67. The summed E-state index contributed by atoms with van der Waals surface area (Å²) in [6.07, 6.45) is 4.11. The molecule has 1 aliphatic heterocycles. The van der Waals surface area contributed by atoms with Crippen LogP contribution in [0.4, 0.5) is 5.82 Å². The number of sulfonamides is 1. The number of piperidine rings is 1. The molecule has 1 aromatic rings. The smallest absolute Gasteiger partial charge is 0.326 e. The van der Waals surface area contributed by atoms with Crippen LogP contribution in [0.2, 0.25) is 0 Å². The monoisotopic (exact) mass is 327 g/mol. The van der Waals surface area contributed by atoms with E-state index in [1.54, 1.807) is 14.0 Å². The average molecular weight is 327 g/mol. The van der Waals surface area contributed by atoms with Crippen LogP contribution in [0, 0.1) is 0 Å². The van der Waals surface area contributed by atoms with Crippen molar-refractivity contribution >= 4 is 21.8 Å². The molecule has 8 heteroatoms. The van der Waals surface area contributed by atoms with Crippen LogP contribution in [0.1, 0.15) is 26.2 Å². The highest BCUT2D eigenvalue weighted by Crippen LogP contribution is 2.21. The molecule has 0 saturated carbocycles. The standard InChI is InChI=1S/C14H21N3O4S/c1-11(14(18)19)16(2)13-7-6-12(10-15-13)22(20,21)17-8-4-3-5-9-17/h6-7,10-11H,3-5,8-9H2,1-2H3,(H,18,19). The van der Waals surface area contributed by atoms with Crippen LogP contribution < -0.4 is 4.90 Å². The topological polar surface area (TPSA) is 90.8 Å². The molecule has 0 aliphatic carbocycles. The van der Waals surface area contributed by atoms with Gasteiger partial charge in [-0.3, -0.25) is 0 Å². The van der Waals surface area contributed by atoms with Crippen LogP contribution in [-0.2, 0) is 14.8 Å². The quantitative estimate of drug-likeness (QED) is 0.873. The average Bonchev–Trinajstić information content (AvgIpc) is 2.54. The predicted molar refractivity (Wildman–Crippen MR) is 82.3 cm³/mol. The molecular weight excluding hydrogens is 306 g/mol. The van der Waals surface area contributed by atoms with Crippen LogP contribution in [0.15, 0.2) is 23.2 Å². The molecule has 7 nitrogen and oxygen atoms in total. The molecule has 0 spiro atoms. The number of nitrogens with zero attached hydrogens (tertiary/aromatic N) is 3. The number of pyridine rings is 1. The summed E-state index contributed by atoms with van der Waals surface area (Å²) in [7, 11) is -1.89. The number of aromatic nitrogens is 1. The fourth-order valence-corrected chi connectivity index (χ4v) is 3.82. The van der Waals surface area contributed by atoms with Crippen molar-refractivity contribution in [2.24, 2.45) is 0 Å². The van der Waals surface area contributed by atoms with Gasteiger partial charge in [0.2, 0.25) is 10.0 Å². The first-order valence-corrected chi connectivity index (χ1v) is 8.70. The van der Waals surface area contributed by atoms with Gasteiger partial charge >= 0.3 is 5.97 Å². The van der Waals surface area contributed by atoms with E-state index < -0.39 is 22.0 Å². The van der Waals surface area contributed by atoms with Gasteiger partial charge in [-0.2, -0.15) is 4.31 Å². The number of likely N-dealkylation sites (N-methyl/N-ethyl adjacent to an activating group) is 1. The van der Waals surface area contributed by atoms with Gasteiger partial charge in [0.1, 0.15) is 16.8 Å². The number of hydrogen-bond donors (Lipinski definition) is 1. The Bertz CT molecular complexity index is 624. The summed E-state index contributed by atoms with van der Waals surface area (Å²) in [4.78, 5) is 16.7. The highest BCUT2D eigenvalue weighted by atomic mass is 32.2. The third-order valence-corrected chi connectivity index (χ3v) is 5.86. The SMILES string of the molecule is CC(C(=O)O)N(C)c1ccc(S(=O)(=O)N2CCCCC2)cn1. The van der Waals surface area contributed by atoms with Crippen LogP contribution in [0.5, 0.6) is 0 Å². The van der Waals surface area contributed by atoms with E-state index in [-0.39, 0.29) is 4.90 Å². The molecular formula is C14H21N3O4S. The van der Waals surface area contributed by atoms with Gasteiger partial charge in [-0.15, -0.1) is 0 Å². The van der Waals surface area contributed by atoms with Crippen molar-refractivity contribution < 1.29 is 18.3 Å². The van der Waals surface area contributed by atoms with Crippen molar-refractivity contribution in [3.8, 4) is 0 Å².